The number of rotatable bonds is 1. The Bertz CT molecular complexity index is 74.4. The molecule has 6 heteroatoms. The summed E-state index contributed by atoms with van der Waals surface area (Å²) in [6.45, 7) is -0.278. The van der Waals surface area contributed by atoms with Crippen molar-refractivity contribution < 1.29 is 19.4 Å². The zero-order chi connectivity index (χ0) is 6.99. The van der Waals surface area contributed by atoms with E-state index in [-0.39, 0.29) is 6.54 Å². The molecule has 0 saturated heterocycles. The van der Waals surface area contributed by atoms with Crippen LogP contribution in [0.15, 0.2) is 0 Å². The van der Waals surface area contributed by atoms with Crippen LogP contribution in [0.2, 0.25) is 0 Å². The first-order valence-electron chi connectivity index (χ1n) is 1.57. The smallest absolute Gasteiger partial charge is 0.324 e. The van der Waals surface area contributed by atoms with Gasteiger partial charge in [-0.05, 0) is 0 Å². The molecule has 8 heavy (non-hydrogen) atoms. The van der Waals surface area contributed by atoms with Gasteiger partial charge < -0.3 is 15.7 Å². The van der Waals surface area contributed by atoms with Crippen molar-refractivity contribution in [1.82, 2.24) is 0 Å². The molecule has 0 aliphatic rings. The van der Waals surface area contributed by atoms with Crippen LogP contribution in [0.3, 0.4) is 0 Å². The Morgan fingerprint density at radius 3 is 1.88 bits per heavy atom. The van der Waals surface area contributed by atoms with Gasteiger partial charge in [-0.15, -0.1) is 0 Å². The van der Waals surface area contributed by atoms with Crippen molar-refractivity contribution in [3.8, 4) is 0 Å². The van der Waals surface area contributed by atoms with Gasteiger partial charge >= 0.3 is 14.7 Å². The van der Waals surface area contributed by atoms with Crippen molar-refractivity contribution in [3.05, 3.63) is 0 Å². The van der Waals surface area contributed by atoms with Crippen LogP contribution in [0.4, 0.5) is 0 Å². The van der Waals surface area contributed by atoms with Crippen molar-refractivity contribution in [2.24, 2.45) is 5.73 Å². The lowest BCUT2D eigenvalue weighted by atomic mass is 10.7. The summed E-state index contributed by atoms with van der Waals surface area (Å²) in [5.41, 5.74) is 4.57. The summed E-state index contributed by atoms with van der Waals surface area (Å²) in [6.07, 6.45) is 0. The van der Waals surface area contributed by atoms with Gasteiger partial charge in [0.15, 0.2) is 0 Å². The largest absolute Gasteiger partial charge is 0.480 e. The van der Waals surface area contributed by atoms with Gasteiger partial charge in [0.05, 0.1) is 6.54 Å². The number of hydrogen-bond acceptors (Lipinski definition) is 3. The molecule has 0 aliphatic heterocycles. The molecule has 0 amide bonds. The highest BCUT2D eigenvalue weighted by Crippen LogP contribution is 1.66. The van der Waals surface area contributed by atoms with Crippen LogP contribution >= 0.6 is 8.69 Å². The summed E-state index contributed by atoms with van der Waals surface area (Å²) < 4.78 is 8.46. The van der Waals surface area contributed by atoms with E-state index in [9.17, 15) is 4.79 Å². The molecular formula is C2H6NO4P. The van der Waals surface area contributed by atoms with Gasteiger partial charge in [-0.2, -0.15) is 0 Å². The SMILES string of the molecule is NCC(=O)O.O=PO. The summed E-state index contributed by atoms with van der Waals surface area (Å²) in [4.78, 5) is 16.2. The Kier molecular flexibility index (Phi) is 12.7. The average molecular weight is 139 g/mol. The molecule has 0 bridgehead atoms. The Morgan fingerprint density at radius 2 is 1.88 bits per heavy atom. The lowest BCUT2D eigenvalue weighted by Gasteiger charge is -1.73. The maximum Gasteiger partial charge on any atom is 0.324 e. The third-order valence-corrected chi connectivity index (χ3v) is 0.175. The van der Waals surface area contributed by atoms with E-state index in [0.717, 1.165) is 0 Å². The number of nitrogens with two attached hydrogens (primary N) is 1. The highest BCUT2D eigenvalue weighted by Gasteiger charge is 1.81. The molecule has 0 aliphatic carbocycles. The number of aliphatic carboxylic acids is 1. The Hall–Kier alpha value is -0.510. The summed E-state index contributed by atoms with van der Waals surface area (Å²) in [7, 11) is -0.833. The quantitative estimate of drug-likeness (QED) is 0.413. The molecule has 0 atom stereocenters. The van der Waals surface area contributed by atoms with Crippen LogP contribution in [-0.4, -0.2) is 22.5 Å². The Balaban J connectivity index is 0. The molecule has 0 heterocycles. The molecule has 0 saturated carbocycles. The van der Waals surface area contributed by atoms with Gasteiger partial charge in [0.2, 0.25) is 0 Å². The van der Waals surface area contributed by atoms with E-state index in [1.54, 1.807) is 0 Å². The fourth-order valence-corrected chi connectivity index (χ4v) is 0. The topological polar surface area (TPSA) is 101 Å². The van der Waals surface area contributed by atoms with E-state index in [4.69, 9.17) is 14.6 Å². The van der Waals surface area contributed by atoms with Gasteiger partial charge in [0.25, 0.3) is 0 Å². The number of hydrogen-bond donors (Lipinski definition) is 3. The van der Waals surface area contributed by atoms with E-state index in [2.05, 4.69) is 5.73 Å². The molecule has 0 aromatic carbocycles. The predicted molar refractivity (Wildman–Crippen MR) is 26.5 cm³/mol. The maximum atomic E-state index is 9.24. The van der Waals surface area contributed by atoms with Gasteiger partial charge in [-0.3, -0.25) is 4.79 Å². The van der Waals surface area contributed by atoms with Crippen molar-refractivity contribution in [3.63, 3.8) is 0 Å². The monoisotopic (exact) mass is 139 g/mol. The molecule has 0 fully saturated rings. The first kappa shape index (κ1) is 10.5. The summed E-state index contributed by atoms with van der Waals surface area (Å²) >= 11 is 0. The minimum atomic E-state index is -0.968. The molecule has 5 nitrogen and oxygen atoms in total. The van der Waals surface area contributed by atoms with E-state index < -0.39 is 14.7 Å². The summed E-state index contributed by atoms with van der Waals surface area (Å²) in [5, 5.41) is 7.60. The highest BCUT2D eigenvalue weighted by atomic mass is 31.1. The molecule has 0 rings (SSSR count). The number of carboxylic acid groups (broad SMARTS) is 1. The molecule has 0 radical (unpaired) electrons. The zero-order valence-corrected chi connectivity index (χ0v) is 4.84. The summed E-state index contributed by atoms with van der Waals surface area (Å²) in [6, 6.07) is 0. The number of carboxylic acids is 1. The van der Waals surface area contributed by atoms with Gasteiger partial charge in [0.1, 0.15) is 0 Å². The fourth-order valence-electron chi connectivity index (χ4n) is 0. The molecule has 4 N–H and O–H groups in total. The van der Waals surface area contributed by atoms with E-state index >= 15 is 0 Å². The van der Waals surface area contributed by atoms with E-state index in [1.807, 2.05) is 0 Å². The average Bonchev–Trinajstić information content (AvgIpc) is 1.69. The first-order chi connectivity index (χ1) is 3.68. The van der Waals surface area contributed by atoms with Crippen molar-refractivity contribution in [2.45, 2.75) is 0 Å². The second-order valence-corrected chi connectivity index (χ2v) is 0.843. The molecule has 0 aromatic heterocycles. The van der Waals surface area contributed by atoms with Crippen LogP contribution < -0.4 is 5.73 Å². The molecular weight excluding hydrogens is 133 g/mol. The van der Waals surface area contributed by atoms with Crippen LogP contribution in [0.5, 0.6) is 0 Å². The lowest BCUT2D eigenvalue weighted by molar-refractivity contribution is -0.135. The van der Waals surface area contributed by atoms with Crippen molar-refractivity contribution in [2.75, 3.05) is 6.54 Å². The van der Waals surface area contributed by atoms with Crippen molar-refractivity contribution >= 4 is 14.7 Å². The second-order valence-electron chi connectivity index (χ2n) is 0.680. The van der Waals surface area contributed by atoms with Crippen LogP contribution in [0.1, 0.15) is 0 Å². The molecule has 0 spiro atoms. The Morgan fingerprint density at radius 1 is 1.75 bits per heavy atom. The second kappa shape index (κ2) is 9.70. The Labute approximate surface area is 47.4 Å². The van der Waals surface area contributed by atoms with Crippen LogP contribution in [0.25, 0.3) is 0 Å². The first-order valence-corrected chi connectivity index (χ1v) is 2.34. The number of carbonyl (C=O) groups is 1. The summed E-state index contributed by atoms with van der Waals surface area (Å²) in [5.74, 6) is -0.968. The van der Waals surface area contributed by atoms with Gasteiger partial charge in [0, 0.05) is 0 Å². The van der Waals surface area contributed by atoms with Gasteiger partial charge in [-0.25, -0.2) is 4.57 Å². The lowest BCUT2D eigenvalue weighted by Crippen LogP contribution is -2.10. The highest BCUT2D eigenvalue weighted by molar-refractivity contribution is 7.16. The van der Waals surface area contributed by atoms with E-state index in [0.29, 0.717) is 0 Å². The fraction of sp³-hybridized carbons (Fsp3) is 0.500. The minimum absolute atomic E-state index is 0.278. The van der Waals surface area contributed by atoms with Gasteiger partial charge in [-0.1, -0.05) is 0 Å². The molecule has 0 aromatic rings. The van der Waals surface area contributed by atoms with Crippen LogP contribution in [-0.2, 0) is 9.36 Å². The van der Waals surface area contributed by atoms with Crippen LogP contribution in [0, 0.1) is 0 Å². The normalized spacial score (nSPS) is 7.25. The third kappa shape index (κ3) is 49.9. The van der Waals surface area contributed by atoms with Crippen molar-refractivity contribution in [1.29, 1.82) is 0 Å². The standard InChI is InChI=1S/C2H5NO2.HO2P/c3-1-2(4)5;1-3-2/h1,3H2,(H,4,5);(H,1,2). The third-order valence-electron chi connectivity index (χ3n) is 0.175. The maximum absolute atomic E-state index is 9.24. The molecule has 0 unspecified atom stereocenters. The predicted octanol–water partition coefficient (Wildman–Crippen LogP) is -0.785. The molecule has 48 valence electrons. The van der Waals surface area contributed by atoms with E-state index in [1.165, 1.54) is 0 Å². The minimum Gasteiger partial charge on any atom is -0.480 e. The zero-order valence-electron chi connectivity index (χ0n) is 3.94.